The summed E-state index contributed by atoms with van der Waals surface area (Å²) in [6.07, 6.45) is -1.64. The monoisotopic (exact) mass is 193 g/mol. The molecule has 1 atom stereocenters. The quantitative estimate of drug-likeness (QED) is 0.688. The predicted octanol–water partition coefficient (Wildman–Crippen LogP) is 0.700. The van der Waals surface area contributed by atoms with Crippen molar-refractivity contribution < 1.29 is 19.4 Å². The second-order valence-corrected chi connectivity index (χ2v) is 2.87. The van der Waals surface area contributed by atoms with Crippen LogP contribution in [0.1, 0.15) is 11.7 Å². The summed E-state index contributed by atoms with van der Waals surface area (Å²) < 4.78 is 4.72. The fourth-order valence-corrected chi connectivity index (χ4v) is 1.22. The minimum absolute atomic E-state index is 0.0958. The summed E-state index contributed by atoms with van der Waals surface area (Å²) in [6.45, 7) is 0. The van der Waals surface area contributed by atoms with Crippen molar-refractivity contribution in [1.82, 2.24) is 5.32 Å². The zero-order valence-electron chi connectivity index (χ0n) is 7.06. The Morgan fingerprint density at radius 2 is 1.86 bits per heavy atom. The third-order valence-corrected chi connectivity index (χ3v) is 1.88. The number of phenols is 1. The van der Waals surface area contributed by atoms with Gasteiger partial charge in [-0.3, -0.25) is 10.1 Å². The number of rotatable bonds is 1. The zero-order valence-corrected chi connectivity index (χ0v) is 7.06. The number of benzene rings is 1. The molecule has 72 valence electrons. The van der Waals surface area contributed by atoms with Crippen LogP contribution in [-0.2, 0) is 9.53 Å². The number of nitrogens with one attached hydrogen (secondary N) is 1. The Kier molecular flexibility index (Phi) is 1.85. The summed E-state index contributed by atoms with van der Waals surface area (Å²) >= 11 is 0. The van der Waals surface area contributed by atoms with Gasteiger partial charge in [0.2, 0.25) is 6.10 Å². The lowest BCUT2D eigenvalue weighted by Crippen LogP contribution is -2.20. The molecule has 14 heavy (non-hydrogen) atoms. The molecule has 2 amide bonds. The Balaban J connectivity index is 2.27. The number of cyclic esters (lactones) is 1. The molecule has 1 aliphatic rings. The lowest BCUT2D eigenvalue weighted by Gasteiger charge is -2.05. The number of imide groups is 1. The van der Waals surface area contributed by atoms with Gasteiger partial charge in [-0.05, 0) is 12.1 Å². The molecule has 2 N–H and O–H groups in total. The molecule has 0 radical (unpaired) electrons. The molecule has 0 saturated carbocycles. The molecule has 1 saturated heterocycles. The van der Waals surface area contributed by atoms with E-state index in [1.54, 1.807) is 0 Å². The highest BCUT2D eigenvalue weighted by molar-refractivity contribution is 6.00. The van der Waals surface area contributed by atoms with Gasteiger partial charge in [-0.1, -0.05) is 12.1 Å². The van der Waals surface area contributed by atoms with Gasteiger partial charge in [-0.2, -0.15) is 0 Å². The Labute approximate surface area is 79.3 Å². The lowest BCUT2D eigenvalue weighted by molar-refractivity contribution is -0.123. The minimum atomic E-state index is -0.900. The molecule has 1 aromatic rings. The molecule has 5 nitrogen and oxygen atoms in total. The van der Waals surface area contributed by atoms with Gasteiger partial charge < -0.3 is 9.84 Å². The highest BCUT2D eigenvalue weighted by Gasteiger charge is 2.33. The summed E-state index contributed by atoms with van der Waals surface area (Å²) in [4.78, 5) is 21.9. The lowest BCUT2D eigenvalue weighted by atomic mass is 10.1. The summed E-state index contributed by atoms with van der Waals surface area (Å²) in [5.41, 5.74) is 0.533. The van der Waals surface area contributed by atoms with Crippen molar-refractivity contribution in [1.29, 1.82) is 0 Å². The van der Waals surface area contributed by atoms with Gasteiger partial charge >= 0.3 is 6.09 Å². The van der Waals surface area contributed by atoms with Crippen LogP contribution in [0.25, 0.3) is 0 Å². The molecular weight excluding hydrogens is 186 g/mol. The number of alkyl carbamates (subject to hydrolysis) is 1. The molecule has 0 aromatic heterocycles. The van der Waals surface area contributed by atoms with Gasteiger partial charge in [0.05, 0.1) is 0 Å². The molecule has 5 heteroatoms. The van der Waals surface area contributed by atoms with Crippen LogP contribution in [0, 0.1) is 0 Å². The molecule has 1 aliphatic heterocycles. The van der Waals surface area contributed by atoms with Gasteiger partial charge in [0, 0.05) is 5.56 Å². The van der Waals surface area contributed by atoms with E-state index in [1.807, 2.05) is 5.32 Å². The van der Waals surface area contributed by atoms with E-state index in [0.29, 0.717) is 5.56 Å². The topological polar surface area (TPSA) is 75.6 Å². The molecule has 1 fully saturated rings. The Morgan fingerprint density at radius 1 is 1.21 bits per heavy atom. The standard InChI is InChI=1S/C9H7NO4/c11-6-3-1-5(2-4-6)7-8(12)10-9(13)14-7/h1-4,7,11H,(H,10,12,13). The third kappa shape index (κ3) is 1.39. The summed E-state index contributed by atoms with van der Waals surface area (Å²) in [5, 5.41) is 11.0. The fourth-order valence-electron chi connectivity index (χ4n) is 1.22. The van der Waals surface area contributed by atoms with Crippen molar-refractivity contribution in [3.05, 3.63) is 29.8 Å². The third-order valence-electron chi connectivity index (χ3n) is 1.88. The number of aromatic hydroxyl groups is 1. The average molecular weight is 193 g/mol. The Morgan fingerprint density at radius 3 is 2.36 bits per heavy atom. The molecule has 0 spiro atoms. The number of hydrogen-bond acceptors (Lipinski definition) is 4. The van der Waals surface area contributed by atoms with E-state index in [1.165, 1.54) is 24.3 Å². The zero-order chi connectivity index (χ0) is 10.1. The van der Waals surface area contributed by atoms with Crippen LogP contribution < -0.4 is 5.32 Å². The normalized spacial score (nSPS) is 20.4. The summed E-state index contributed by atoms with van der Waals surface area (Å²) in [5.74, 6) is -0.390. The van der Waals surface area contributed by atoms with E-state index in [-0.39, 0.29) is 5.75 Å². The Bertz CT molecular complexity index is 384. The van der Waals surface area contributed by atoms with Crippen molar-refractivity contribution >= 4 is 12.0 Å². The fraction of sp³-hybridized carbons (Fsp3) is 0.111. The van der Waals surface area contributed by atoms with Crippen LogP contribution >= 0.6 is 0 Å². The number of carbonyl (C=O) groups excluding carboxylic acids is 2. The van der Waals surface area contributed by atoms with Gasteiger partial charge in [0.15, 0.2) is 0 Å². The molecule has 0 bridgehead atoms. The predicted molar refractivity (Wildman–Crippen MR) is 45.5 cm³/mol. The molecule has 2 rings (SSSR count). The van der Waals surface area contributed by atoms with Crippen LogP contribution in [0.4, 0.5) is 4.79 Å². The van der Waals surface area contributed by atoms with Crippen molar-refractivity contribution in [2.45, 2.75) is 6.10 Å². The van der Waals surface area contributed by atoms with E-state index in [2.05, 4.69) is 0 Å². The smallest absolute Gasteiger partial charge is 0.415 e. The van der Waals surface area contributed by atoms with E-state index in [9.17, 15) is 9.59 Å². The number of phenolic OH excluding ortho intramolecular Hbond substituents is 1. The first-order chi connectivity index (χ1) is 6.66. The van der Waals surface area contributed by atoms with E-state index in [0.717, 1.165) is 0 Å². The maximum absolute atomic E-state index is 11.2. The first-order valence-corrected chi connectivity index (χ1v) is 3.97. The molecule has 1 heterocycles. The van der Waals surface area contributed by atoms with E-state index >= 15 is 0 Å². The highest BCUT2D eigenvalue weighted by Crippen LogP contribution is 2.23. The van der Waals surface area contributed by atoms with E-state index < -0.39 is 18.1 Å². The first-order valence-electron chi connectivity index (χ1n) is 3.97. The number of amides is 2. The van der Waals surface area contributed by atoms with Gasteiger partial charge in [-0.15, -0.1) is 0 Å². The molecule has 1 unspecified atom stereocenters. The second-order valence-electron chi connectivity index (χ2n) is 2.87. The maximum atomic E-state index is 11.2. The van der Waals surface area contributed by atoms with Crippen LogP contribution in [0.5, 0.6) is 5.75 Å². The molecule has 1 aromatic carbocycles. The summed E-state index contributed by atoms with van der Waals surface area (Å²) in [6, 6.07) is 5.90. The van der Waals surface area contributed by atoms with Crippen LogP contribution in [0.2, 0.25) is 0 Å². The maximum Gasteiger partial charge on any atom is 0.415 e. The van der Waals surface area contributed by atoms with Crippen molar-refractivity contribution in [2.24, 2.45) is 0 Å². The second kappa shape index (κ2) is 3.02. The van der Waals surface area contributed by atoms with Crippen LogP contribution in [0.3, 0.4) is 0 Å². The average Bonchev–Trinajstić information content (AvgIpc) is 2.47. The summed E-state index contributed by atoms with van der Waals surface area (Å²) in [7, 11) is 0. The number of ether oxygens (including phenoxy) is 1. The largest absolute Gasteiger partial charge is 0.508 e. The number of hydrogen-bond donors (Lipinski definition) is 2. The molecule has 0 aliphatic carbocycles. The van der Waals surface area contributed by atoms with Gasteiger partial charge in [0.1, 0.15) is 5.75 Å². The highest BCUT2D eigenvalue weighted by atomic mass is 16.6. The van der Waals surface area contributed by atoms with Crippen molar-refractivity contribution in [2.75, 3.05) is 0 Å². The minimum Gasteiger partial charge on any atom is -0.508 e. The van der Waals surface area contributed by atoms with E-state index in [4.69, 9.17) is 9.84 Å². The van der Waals surface area contributed by atoms with Crippen molar-refractivity contribution in [3.8, 4) is 5.75 Å². The first kappa shape index (κ1) is 8.55. The van der Waals surface area contributed by atoms with Gasteiger partial charge in [-0.25, -0.2) is 4.79 Å². The van der Waals surface area contributed by atoms with Gasteiger partial charge in [0.25, 0.3) is 5.91 Å². The van der Waals surface area contributed by atoms with Crippen LogP contribution in [-0.4, -0.2) is 17.1 Å². The molecular formula is C9H7NO4. The SMILES string of the molecule is O=C1NC(=O)C(c2ccc(O)cc2)O1. The number of carbonyl (C=O) groups is 2. The van der Waals surface area contributed by atoms with Crippen LogP contribution in [0.15, 0.2) is 24.3 Å². The Hall–Kier alpha value is -2.04. The van der Waals surface area contributed by atoms with Crippen molar-refractivity contribution in [3.63, 3.8) is 0 Å².